The van der Waals surface area contributed by atoms with Crippen molar-refractivity contribution in [3.8, 4) is 5.75 Å². The Morgan fingerprint density at radius 3 is 2.70 bits per heavy atom. The summed E-state index contributed by atoms with van der Waals surface area (Å²) in [6, 6.07) is 6.94. The number of aliphatic hydroxyl groups excluding tert-OH is 2. The second kappa shape index (κ2) is 10.4. The average molecular weight is 511 g/mol. The van der Waals surface area contributed by atoms with Crippen molar-refractivity contribution in [1.29, 1.82) is 0 Å². The molecule has 7 atom stereocenters. The molecular weight excluding hydrogens is 468 g/mol. The molecule has 1 aliphatic heterocycles. The lowest BCUT2D eigenvalue weighted by Gasteiger charge is -2.61. The summed E-state index contributed by atoms with van der Waals surface area (Å²) in [7, 11) is 0. The van der Waals surface area contributed by atoms with E-state index in [4.69, 9.17) is 4.74 Å². The number of carbonyl (C=O) groups is 2. The largest absolute Gasteiger partial charge is 0.486 e. The number of ether oxygens (including phenoxy) is 1. The van der Waals surface area contributed by atoms with Gasteiger partial charge in [-0.25, -0.2) is 0 Å². The highest BCUT2D eigenvalue weighted by molar-refractivity contribution is 5.96. The SMILES string of the molecule is CCCCC(=O)N(CC1CCC2CC1C2(C)C)C1C=C(C(=O)NCCO)C2c3ccccc3OC2C1O. The van der Waals surface area contributed by atoms with Crippen molar-refractivity contribution in [2.24, 2.45) is 23.2 Å². The summed E-state index contributed by atoms with van der Waals surface area (Å²) in [6.07, 6.45) is 5.84. The standard InChI is InChI=1S/C30H42N2O5/c1-4-5-10-25(34)32(17-18-11-12-19-15-22(18)30(19,2)3)23-16-21(29(36)31-13-14-33)26-20-8-6-7-9-24(20)37-28(26)27(23)35/h6-9,16,18-19,22-23,26-28,33,35H,4-5,10-15,17H2,1-3H3,(H,31,36). The number of rotatable bonds is 9. The zero-order chi connectivity index (χ0) is 26.3. The van der Waals surface area contributed by atoms with Crippen LogP contribution in [0.25, 0.3) is 0 Å². The molecule has 2 bridgehead atoms. The Morgan fingerprint density at radius 2 is 2.00 bits per heavy atom. The van der Waals surface area contributed by atoms with E-state index in [1.54, 1.807) is 0 Å². The minimum atomic E-state index is -0.955. The summed E-state index contributed by atoms with van der Waals surface area (Å²) < 4.78 is 6.24. The molecule has 7 nitrogen and oxygen atoms in total. The van der Waals surface area contributed by atoms with Gasteiger partial charge < -0.3 is 25.2 Å². The van der Waals surface area contributed by atoms with Crippen LogP contribution in [-0.2, 0) is 9.59 Å². The predicted octanol–water partition coefficient (Wildman–Crippen LogP) is 3.40. The fraction of sp³-hybridized carbons (Fsp3) is 0.667. The van der Waals surface area contributed by atoms with Crippen LogP contribution in [0.1, 0.15) is 70.8 Å². The lowest BCUT2D eigenvalue weighted by atomic mass is 9.45. The first-order chi connectivity index (χ1) is 17.8. The van der Waals surface area contributed by atoms with Gasteiger partial charge in [-0.1, -0.05) is 45.4 Å². The van der Waals surface area contributed by atoms with Gasteiger partial charge in [0.2, 0.25) is 11.8 Å². The van der Waals surface area contributed by atoms with Gasteiger partial charge in [0.15, 0.2) is 0 Å². The summed E-state index contributed by atoms with van der Waals surface area (Å²) in [5.41, 5.74) is 1.66. The van der Waals surface area contributed by atoms with Crippen molar-refractivity contribution in [2.45, 2.75) is 83.5 Å². The Hall–Kier alpha value is -2.38. The topological polar surface area (TPSA) is 99.1 Å². The monoisotopic (exact) mass is 510 g/mol. The second-order valence-electron chi connectivity index (χ2n) is 12.0. The molecule has 1 heterocycles. The Balaban J connectivity index is 1.49. The van der Waals surface area contributed by atoms with Crippen molar-refractivity contribution in [2.75, 3.05) is 19.7 Å². The first-order valence-corrected chi connectivity index (χ1v) is 14.1. The van der Waals surface area contributed by atoms with E-state index in [0.29, 0.717) is 41.5 Å². The number of nitrogens with one attached hydrogen (secondary N) is 1. The molecule has 3 N–H and O–H groups in total. The Morgan fingerprint density at radius 1 is 1.22 bits per heavy atom. The lowest BCUT2D eigenvalue weighted by Crippen LogP contribution is -2.59. The highest BCUT2D eigenvalue weighted by Crippen LogP contribution is 2.61. The maximum Gasteiger partial charge on any atom is 0.247 e. The first kappa shape index (κ1) is 26.2. The first-order valence-electron chi connectivity index (χ1n) is 14.1. The fourth-order valence-electron chi connectivity index (χ4n) is 7.49. The molecule has 1 aromatic rings. The van der Waals surface area contributed by atoms with Crippen LogP contribution in [0.4, 0.5) is 0 Å². The third-order valence-electron chi connectivity index (χ3n) is 9.73. The van der Waals surface area contributed by atoms with E-state index in [2.05, 4.69) is 26.1 Å². The van der Waals surface area contributed by atoms with Gasteiger partial charge in [-0.3, -0.25) is 9.59 Å². The van der Waals surface area contributed by atoms with Crippen LogP contribution >= 0.6 is 0 Å². The average Bonchev–Trinajstić information content (AvgIpc) is 3.29. The molecule has 0 spiro atoms. The summed E-state index contributed by atoms with van der Waals surface area (Å²) in [5, 5.41) is 23.8. The van der Waals surface area contributed by atoms with Gasteiger partial charge >= 0.3 is 0 Å². The molecule has 0 saturated heterocycles. The molecule has 7 unspecified atom stereocenters. The maximum atomic E-state index is 13.7. The number of nitrogens with zero attached hydrogens (tertiary/aromatic N) is 1. The van der Waals surface area contributed by atoms with Crippen molar-refractivity contribution >= 4 is 11.8 Å². The maximum absolute atomic E-state index is 13.7. The van der Waals surface area contributed by atoms with E-state index in [9.17, 15) is 19.8 Å². The Bertz CT molecular complexity index is 1050. The molecule has 7 heteroatoms. The number of amides is 2. The third kappa shape index (κ3) is 4.59. The minimum Gasteiger partial charge on any atom is -0.486 e. The van der Waals surface area contributed by atoms with Crippen molar-refractivity contribution in [3.05, 3.63) is 41.5 Å². The molecule has 6 rings (SSSR count). The molecule has 1 aromatic carbocycles. The van der Waals surface area contributed by atoms with E-state index in [1.165, 1.54) is 12.8 Å². The van der Waals surface area contributed by atoms with Gasteiger partial charge in [-0.15, -0.1) is 0 Å². The number of benzene rings is 1. The number of carbonyl (C=O) groups excluding carboxylic acids is 2. The molecular formula is C30H42N2O5. The molecule has 37 heavy (non-hydrogen) atoms. The van der Waals surface area contributed by atoms with Gasteiger partial charge in [-0.2, -0.15) is 0 Å². The number of hydrogen-bond acceptors (Lipinski definition) is 5. The van der Waals surface area contributed by atoms with Gasteiger partial charge in [0.25, 0.3) is 0 Å². The van der Waals surface area contributed by atoms with E-state index in [1.807, 2.05) is 35.2 Å². The normalized spacial score (nSPS) is 32.8. The third-order valence-corrected chi connectivity index (χ3v) is 9.73. The number of aliphatic hydroxyl groups is 2. The summed E-state index contributed by atoms with van der Waals surface area (Å²) in [4.78, 5) is 28.9. The zero-order valence-electron chi connectivity index (χ0n) is 22.4. The van der Waals surface area contributed by atoms with E-state index in [0.717, 1.165) is 30.7 Å². The van der Waals surface area contributed by atoms with E-state index < -0.39 is 24.2 Å². The molecule has 2 amide bonds. The van der Waals surface area contributed by atoms with Crippen LogP contribution in [-0.4, -0.2) is 64.9 Å². The molecule has 0 radical (unpaired) electrons. The summed E-state index contributed by atoms with van der Waals surface area (Å²) in [5.74, 6) is 1.72. The summed E-state index contributed by atoms with van der Waals surface area (Å²) >= 11 is 0. The van der Waals surface area contributed by atoms with Crippen molar-refractivity contribution < 1.29 is 24.5 Å². The molecule has 3 saturated carbocycles. The van der Waals surface area contributed by atoms with Crippen LogP contribution in [0.15, 0.2) is 35.9 Å². The van der Waals surface area contributed by atoms with Crippen LogP contribution in [0.3, 0.4) is 0 Å². The van der Waals surface area contributed by atoms with Crippen LogP contribution < -0.4 is 10.1 Å². The van der Waals surface area contributed by atoms with Crippen molar-refractivity contribution in [3.63, 3.8) is 0 Å². The quantitative estimate of drug-likeness (QED) is 0.473. The predicted molar refractivity (Wildman–Crippen MR) is 141 cm³/mol. The van der Waals surface area contributed by atoms with Gasteiger partial charge in [0.05, 0.1) is 18.6 Å². The van der Waals surface area contributed by atoms with Gasteiger partial charge in [-0.05, 0) is 61.0 Å². The smallest absolute Gasteiger partial charge is 0.247 e. The molecule has 5 aliphatic rings. The fourth-order valence-corrected chi connectivity index (χ4v) is 7.49. The van der Waals surface area contributed by atoms with E-state index in [-0.39, 0.29) is 25.0 Å². The van der Waals surface area contributed by atoms with Crippen molar-refractivity contribution in [1.82, 2.24) is 10.2 Å². The number of unbranched alkanes of at least 4 members (excludes halogenated alkanes) is 1. The zero-order valence-corrected chi connectivity index (χ0v) is 22.4. The van der Waals surface area contributed by atoms with Crippen LogP contribution in [0, 0.1) is 23.2 Å². The number of fused-ring (bicyclic) bond motifs is 5. The highest BCUT2D eigenvalue weighted by Gasteiger charge is 2.56. The molecule has 202 valence electrons. The summed E-state index contributed by atoms with van der Waals surface area (Å²) in [6.45, 7) is 7.36. The van der Waals surface area contributed by atoms with Crippen LogP contribution in [0.2, 0.25) is 0 Å². The second-order valence-corrected chi connectivity index (χ2v) is 12.0. The number of para-hydroxylation sites is 1. The molecule has 0 aromatic heterocycles. The minimum absolute atomic E-state index is 0.0329. The Kier molecular flexibility index (Phi) is 7.38. The van der Waals surface area contributed by atoms with E-state index >= 15 is 0 Å². The number of hydrogen-bond donors (Lipinski definition) is 3. The Labute approximate surface area is 220 Å². The van der Waals surface area contributed by atoms with Crippen LogP contribution in [0.5, 0.6) is 5.75 Å². The van der Waals surface area contributed by atoms with Gasteiger partial charge in [0, 0.05) is 30.6 Å². The van der Waals surface area contributed by atoms with Gasteiger partial charge in [0.1, 0.15) is 18.0 Å². The highest BCUT2D eigenvalue weighted by atomic mass is 16.5. The lowest BCUT2D eigenvalue weighted by molar-refractivity contribution is -0.146. The molecule has 3 fully saturated rings. The molecule has 4 aliphatic carbocycles.